The second-order valence-electron chi connectivity index (χ2n) is 4.79. The number of aromatic nitrogens is 1. The summed E-state index contributed by atoms with van der Waals surface area (Å²) in [6.45, 7) is 5.52. The first-order valence-electron chi connectivity index (χ1n) is 6.00. The highest BCUT2D eigenvalue weighted by molar-refractivity contribution is 8.00. The van der Waals surface area contributed by atoms with Gasteiger partial charge in [0.1, 0.15) is 5.69 Å². The van der Waals surface area contributed by atoms with Crippen LogP contribution in [0, 0.1) is 0 Å². The fraction of sp³-hybridized carbons (Fsp3) is 0.583. The number of halogens is 3. The topological polar surface area (TPSA) is 42.2 Å². The van der Waals surface area contributed by atoms with Crippen molar-refractivity contribution in [3.63, 3.8) is 0 Å². The molecule has 2 unspecified atom stereocenters. The second kappa shape index (κ2) is 5.11. The minimum atomic E-state index is -4.44. The highest BCUT2D eigenvalue weighted by atomic mass is 32.2. The van der Waals surface area contributed by atoms with Crippen molar-refractivity contribution in [3.8, 4) is 0 Å². The van der Waals surface area contributed by atoms with Gasteiger partial charge in [-0.05, 0) is 6.07 Å². The zero-order chi connectivity index (χ0) is 14.2. The lowest BCUT2D eigenvalue weighted by Crippen LogP contribution is -2.40. The summed E-state index contributed by atoms with van der Waals surface area (Å²) in [6.07, 6.45) is -3.35. The van der Waals surface area contributed by atoms with E-state index in [9.17, 15) is 13.2 Å². The molecule has 0 aromatic carbocycles. The van der Waals surface area contributed by atoms with Gasteiger partial charge < -0.3 is 10.6 Å². The Hall–Kier alpha value is -1.11. The van der Waals surface area contributed by atoms with Crippen molar-refractivity contribution in [2.45, 2.75) is 30.5 Å². The molecule has 1 aromatic heterocycles. The van der Waals surface area contributed by atoms with Gasteiger partial charge >= 0.3 is 6.18 Å². The van der Waals surface area contributed by atoms with E-state index in [1.54, 1.807) is 0 Å². The zero-order valence-electron chi connectivity index (χ0n) is 10.7. The van der Waals surface area contributed by atoms with Crippen LogP contribution in [0.1, 0.15) is 19.5 Å². The quantitative estimate of drug-likeness (QED) is 0.863. The fourth-order valence-corrected chi connectivity index (χ4v) is 3.58. The molecule has 0 aliphatic carbocycles. The molecule has 2 atom stereocenters. The normalized spacial score (nSPS) is 24.6. The van der Waals surface area contributed by atoms with Gasteiger partial charge in [0, 0.05) is 23.6 Å². The van der Waals surface area contributed by atoms with Crippen molar-refractivity contribution < 1.29 is 13.2 Å². The molecule has 1 fully saturated rings. The van der Waals surface area contributed by atoms with E-state index in [1.807, 2.05) is 16.7 Å². The number of pyridine rings is 1. The Balaban J connectivity index is 2.33. The number of rotatable bonds is 1. The van der Waals surface area contributed by atoms with Crippen LogP contribution >= 0.6 is 11.8 Å². The summed E-state index contributed by atoms with van der Waals surface area (Å²) >= 11 is 1.83. The lowest BCUT2D eigenvalue weighted by atomic mass is 10.2. The molecule has 2 heterocycles. The molecule has 0 spiro atoms. The van der Waals surface area contributed by atoms with Gasteiger partial charge in [0.15, 0.2) is 0 Å². The Labute approximate surface area is 114 Å². The van der Waals surface area contributed by atoms with Crippen molar-refractivity contribution in [2.24, 2.45) is 0 Å². The molecule has 1 aromatic rings. The molecule has 0 bridgehead atoms. The Morgan fingerprint density at radius 3 is 2.42 bits per heavy atom. The smallest absolute Gasteiger partial charge is 0.396 e. The summed E-state index contributed by atoms with van der Waals surface area (Å²) in [5.41, 5.74) is 5.61. The summed E-state index contributed by atoms with van der Waals surface area (Å²) in [5.74, 6) is 0. The Morgan fingerprint density at radius 2 is 1.89 bits per heavy atom. The average molecular weight is 291 g/mol. The maximum Gasteiger partial charge on any atom is 0.433 e. The third kappa shape index (κ3) is 3.26. The van der Waals surface area contributed by atoms with Gasteiger partial charge in [-0.25, -0.2) is 4.98 Å². The molecule has 0 saturated carbocycles. The van der Waals surface area contributed by atoms with Crippen LogP contribution in [0.4, 0.5) is 24.5 Å². The highest BCUT2D eigenvalue weighted by Crippen LogP contribution is 2.35. The third-order valence-electron chi connectivity index (χ3n) is 2.96. The highest BCUT2D eigenvalue weighted by Gasteiger charge is 2.34. The van der Waals surface area contributed by atoms with Crippen molar-refractivity contribution >= 4 is 23.1 Å². The van der Waals surface area contributed by atoms with Gasteiger partial charge in [-0.1, -0.05) is 13.8 Å². The van der Waals surface area contributed by atoms with E-state index < -0.39 is 11.9 Å². The van der Waals surface area contributed by atoms with Crippen LogP contribution in [0.2, 0.25) is 0 Å². The van der Waals surface area contributed by atoms with E-state index in [-0.39, 0.29) is 0 Å². The van der Waals surface area contributed by atoms with Gasteiger partial charge in [0.2, 0.25) is 0 Å². The van der Waals surface area contributed by atoms with Gasteiger partial charge in [0.25, 0.3) is 0 Å². The van der Waals surface area contributed by atoms with E-state index in [0.29, 0.717) is 35.0 Å². The molecule has 2 rings (SSSR count). The van der Waals surface area contributed by atoms with Crippen molar-refractivity contribution in [1.29, 1.82) is 0 Å². The predicted octanol–water partition coefficient (Wildman–Crippen LogP) is 3.01. The largest absolute Gasteiger partial charge is 0.433 e. The van der Waals surface area contributed by atoms with Gasteiger partial charge in [-0.3, -0.25) is 0 Å². The monoisotopic (exact) mass is 291 g/mol. The Morgan fingerprint density at radius 1 is 1.32 bits per heavy atom. The summed E-state index contributed by atoms with van der Waals surface area (Å²) < 4.78 is 38.1. The number of hydrogen-bond donors (Lipinski definition) is 1. The molecule has 19 heavy (non-hydrogen) atoms. The molecule has 0 amide bonds. The lowest BCUT2D eigenvalue weighted by Gasteiger charge is -2.36. The first kappa shape index (κ1) is 14.3. The Bertz CT molecular complexity index is 454. The number of nitrogens with zero attached hydrogens (tertiary/aromatic N) is 2. The van der Waals surface area contributed by atoms with Gasteiger partial charge in [-0.2, -0.15) is 24.9 Å². The number of alkyl halides is 3. The van der Waals surface area contributed by atoms with Gasteiger partial charge in [0.05, 0.1) is 17.6 Å². The minimum absolute atomic E-state index is 0.291. The average Bonchev–Trinajstić information content (AvgIpc) is 2.26. The minimum Gasteiger partial charge on any atom is -0.396 e. The van der Waals surface area contributed by atoms with Crippen LogP contribution in [-0.4, -0.2) is 28.6 Å². The molecule has 7 heteroatoms. The van der Waals surface area contributed by atoms with E-state index in [4.69, 9.17) is 5.73 Å². The van der Waals surface area contributed by atoms with Gasteiger partial charge in [-0.15, -0.1) is 0 Å². The van der Waals surface area contributed by atoms with Crippen molar-refractivity contribution in [1.82, 2.24) is 4.98 Å². The van der Waals surface area contributed by atoms with Crippen LogP contribution in [0.15, 0.2) is 12.3 Å². The lowest BCUT2D eigenvalue weighted by molar-refractivity contribution is -0.141. The van der Waals surface area contributed by atoms with Crippen LogP contribution in [-0.2, 0) is 6.18 Å². The van der Waals surface area contributed by atoms with Crippen molar-refractivity contribution in [2.75, 3.05) is 23.7 Å². The summed E-state index contributed by atoms with van der Waals surface area (Å²) in [7, 11) is 0. The first-order valence-corrected chi connectivity index (χ1v) is 6.94. The molecule has 2 N–H and O–H groups in total. The van der Waals surface area contributed by atoms with Crippen LogP contribution in [0.25, 0.3) is 0 Å². The first-order chi connectivity index (χ1) is 8.77. The van der Waals surface area contributed by atoms with Crippen molar-refractivity contribution in [3.05, 3.63) is 18.0 Å². The third-order valence-corrected chi connectivity index (χ3v) is 4.19. The summed E-state index contributed by atoms with van der Waals surface area (Å²) in [4.78, 5) is 5.28. The van der Waals surface area contributed by atoms with Crippen LogP contribution in [0.3, 0.4) is 0 Å². The van der Waals surface area contributed by atoms with Crippen LogP contribution in [0.5, 0.6) is 0 Å². The number of nitrogens with two attached hydrogens (primary N) is 1. The molecular formula is C12H16F3N3S. The molecule has 1 aliphatic heterocycles. The predicted molar refractivity (Wildman–Crippen MR) is 72.4 cm³/mol. The molecule has 3 nitrogen and oxygen atoms in total. The van der Waals surface area contributed by atoms with E-state index in [0.717, 1.165) is 12.3 Å². The number of anilines is 2. The fourth-order valence-electron chi connectivity index (χ4n) is 2.26. The maximum atomic E-state index is 12.7. The summed E-state index contributed by atoms with van der Waals surface area (Å²) in [6, 6.07) is 1.05. The second-order valence-corrected chi connectivity index (χ2v) is 6.67. The number of hydrogen-bond acceptors (Lipinski definition) is 4. The van der Waals surface area contributed by atoms with E-state index in [2.05, 4.69) is 18.8 Å². The molecule has 1 saturated heterocycles. The zero-order valence-corrected chi connectivity index (χ0v) is 11.6. The molecule has 106 valence electrons. The molecule has 0 radical (unpaired) electrons. The number of thioether (sulfide) groups is 1. The maximum absolute atomic E-state index is 12.7. The summed E-state index contributed by atoms with van der Waals surface area (Å²) in [5, 5.41) is 0.733. The van der Waals surface area contributed by atoms with E-state index >= 15 is 0 Å². The Kier molecular flexibility index (Phi) is 3.85. The SMILES string of the molecule is CC1CN(c2cc(C(F)(F)F)ncc2N)CC(C)S1. The molecule has 1 aliphatic rings. The van der Waals surface area contributed by atoms with E-state index in [1.165, 1.54) is 0 Å². The van der Waals surface area contributed by atoms with Crippen LogP contribution < -0.4 is 10.6 Å². The number of nitrogen functional groups attached to an aromatic ring is 1. The standard InChI is InChI=1S/C12H16F3N3S/c1-7-5-18(6-8(2)19-7)10-3-11(12(13,14)15)17-4-9(10)16/h3-4,7-8H,5-6,16H2,1-2H3. The molecular weight excluding hydrogens is 275 g/mol.